The Balaban J connectivity index is 2.53. The molecule has 0 amide bonds. The van der Waals surface area contributed by atoms with Crippen LogP contribution in [0.1, 0.15) is 6.92 Å². The van der Waals surface area contributed by atoms with Gasteiger partial charge in [0.25, 0.3) is 0 Å². The van der Waals surface area contributed by atoms with E-state index in [2.05, 4.69) is 0 Å². The second-order valence-corrected chi connectivity index (χ2v) is 3.34. The van der Waals surface area contributed by atoms with Crippen molar-refractivity contribution in [3.05, 3.63) is 24.3 Å². The summed E-state index contributed by atoms with van der Waals surface area (Å²) in [6, 6.07) is 7.48. The van der Waals surface area contributed by atoms with Gasteiger partial charge in [-0.15, -0.1) is 0 Å². The van der Waals surface area contributed by atoms with Crippen LogP contribution in [0.15, 0.2) is 24.3 Å². The van der Waals surface area contributed by atoms with Crippen LogP contribution < -0.4 is 15.2 Å². The Morgan fingerprint density at radius 3 is 2.31 bits per heavy atom. The third-order valence-corrected chi connectivity index (χ3v) is 2.05. The molecule has 1 aromatic rings. The van der Waals surface area contributed by atoms with Gasteiger partial charge < -0.3 is 19.9 Å². The van der Waals surface area contributed by atoms with E-state index in [1.54, 1.807) is 7.11 Å². The SMILES string of the molecule is CCOc1ccc(OC(CN)COC)cc1. The third-order valence-electron chi connectivity index (χ3n) is 2.05. The van der Waals surface area contributed by atoms with Gasteiger partial charge in [-0.25, -0.2) is 0 Å². The Kier molecular flexibility index (Phi) is 5.67. The van der Waals surface area contributed by atoms with Crippen molar-refractivity contribution in [3.8, 4) is 11.5 Å². The van der Waals surface area contributed by atoms with Crippen LogP contribution >= 0.6 is 0 Å². The average Bonchev–Trinajstić information content (AvgIpc) is 2.31. The zero-order chi connectivity index (χ0) is 11.8. The molecule has 16 heavy (non-hydrogen) atoms. The standard InChI is InChI=1S/C12H19NO3/c1-3-15-10-4-6-11(7-5-10)16-12(8-13)9-14-2/h4-7,12H,3,8-9,13H2,1-2H3. The molecule has 1 aromatic carbocycles. The van der Waals surface area contributed by atoms with Crippen LogP contribution in [-0.2, 0) is 4.74 Å². The quantitative estimate of drug-likeness (QED) is 0.763. The molecule has 0 spiro atoms. The number of hydrogen-bond donors (Lipinski definition) is 1. The van der Waals surface area contributed by atoms with E-state index in [0.29, 0.717) is 19.8 Å². The van der Waals surface area contributed by atoms with Gasteiger partial charge in [0.15, 0.2) is 0 Å². The van der Waals surface area contributed by atoms with Crippen LogP contribution in [0.5, 0.6) is 11.5 Å². The molecule has 4 nitrogen and oxygen atoms in total. The predicted octanol–water partition coefficient (Wildman–Crippen LogP) is 1.44. The molecule has 0 heterocycles. The molecule has 0 aliphatic heterocycles. The minimum Gasteiger partial charge on any atom is -0.494 e. The summed E-state index contributed by atoms with van der Waals surface area (Å²) in [5.41, 5.74) is 5.55. The number of benzene rings is 1. The zero-order valence-electron chi connectivity index (χ0n) is 9.81. The Labute approximate surface area is 96.3 Å². The van der Waals surface area contributed by atoms with Crippen molar-refractivity contribution in [2.75, 3.05) is 26.9 Å². The lowest BCUT2D eigenvalue weighted by Gasteiger charge is -2.16. The van der Waals surface area contributed by atoms with E-state index in [1.165, 1.54) is 0 Å². The van der Waals surface area contributed by atoms with E-state index < -0.39 is 0 Å². The Bertz CT molecular complexity index is 287. The Hall–Kier alpha value is -1.26. The summed E-state index contributed by atoms with van der Waals surface area (Å²) >= 11 is 0. The normalized spacial score (nSPS) is 12.2. The molecule has 0 aliphatic carbocycles. The highest BCUT2D eigenvalue weighted by molar-refractivity contribution is 5.31. The molecule has 0 saturated carbocycles. The molecule has 2 N–H and O–H groups in total. The van der Waals surface area contributed by atoms with Crippen molar-refractivity contribution < 1.29 is 14.2 Å². The van der Waals surface area contributed by atoms with Gasteiger partial charge in [-0.2, -0.15) is 0 Å². The molecule has 1 rings (SSSR count). The summed E-state index contributed by atoms with van der Waals surface area (Å²) in [6.45, 7) is 3.54. The summed E-state index contributed by atoms with van der Waals surface area (Å²) < 4.78 is 16.0. The molecule has 0 fully saturated rings. The Morgan fingerprint density at radius 2 is 1.81 bits per heavy atom. The second kappa shape index (κ2) is 7.09. The lowest BCUT2D eigenvalue weighted by molar-refractivity contribution is 0.0860. The number of ether oxygens (including phenoxy) is 3. The minimum atomic E-state index is -0.108. The molecule has 0 radical (unpaired) electrons. The van der Waals surface area contributed by atoms with Gasteiger partial charge in [0.2, 0.25) is 0 Å². The number of rotatable bonds is 7. The minimum absolute atomic E-state index is 0.108. The van der Waals surface area contributed by atoms with Gasteiger partial charge in [-0.3, -0.25) is 0 Å². The molecule has 90 valence electrons. The lowest BCUT2D eigenvalue weighted by Crippen LogP contribution is -2.31. The maximum atomic E-state index is 5.63. The van der Waals surface area contributed by atoms with Gasteiger partial charge in [0.05, 0.1) is 13.2 Å². The maximum absolute atomic E-state index is 5.63. The summed E-state index contributed by atoms with van der Waals surface area (Å²) in [5, 5.41) is 0. The molecule has 0 aliphatic rings. The molecule has 1 unspecified atom stereocenters. The van der Waals surface area contributed by atoms with E-state index in [4.69, 9.17) is 19.9 Å². The van der Waals surface area contributed by atoms with E-state index in [9.17, 15) is 0 Å². The molecule has 4 heteroatoms. The first-order valence-electron chi connectivity index (χ1n) is 5.38. The van der Waals surface area contributed by atoms with Gasteiger partial charge in [-0.1, -0.05) is 0 Å². The molecular weight excluding hydrogens is 206 g/mol. The zero-order valence-corrected chi connectivity index (χ0v) is 9.81. The first-order valence-corrected chi connectivity index (χ1v) is 5.38. The molecule has 0 bridgehead atoms. The first kappa shape index (κ1) is 12.8. The Morgan fingerprint density at radius 1 is 1.19 bits per heavy atom. The van der Waals surface area contributed by atoms with Crippen molar-refractivity contribution in [2.24, 2.45) is 5.73 Å². The van der Waals surface area contributed by atoms with E-state index in [1.807, 2.05) is 31.2 Å². The number of nitrogens with two attached hydrogens (primary N) is 1. The highest BCUT2D eigenvalue weighted by Gasteiger charge is 2.07. The van der Waals surface area contributed by atoms with Crippen LogP contribution in [0.25, 0.3) is 0 Å². The number of methoxy groups -OCH3 is 1. The lowest BCUT2D eigenvalue weighted by atomic mass is 10.3. The average molecular weight is 225 g/mol. The summed E-state index contributed by atoms with van der Waals surface area (Å²) in [7, 11) is 1.63. The molecule has 0 aromatic heterocycles. The van der Waals surface area contributed by atoms with Crippen LogP contribution in [0, 0.1) is 0 Å². The molecular formula is C12H19NO3. The van der Waals surface area contributed by atoms with E-state index >= 15 is 0 Å². The van der Waals surface area contributed by atoms with Gasteiger partial charge in [0.1, 0.15) is 17.6 Å². The van der Waals surface area contributed by atoms with E-state index in [0.717, 1.165) is 11.5 Å². The van der Waals surface area contributed by atoms with E-state index in [-0.39, 0.29) is 6.10 Å². The fraction of sp³-hybridized carbons (Fsp3) is 0.500. The smallest absolute Gasteiger partial charge is 0.134 e. The topological polar surface area (TPSA) is 53.7 Å². The van der Waals surface area contributed by atoms with Crippen LogP contribution in [0.2, 0.25) is 0 Å². The highest BCUT2D eigenvalue weighted by atomic mass is 16.5. The summed E-state index contributed by atoms with van der Waals surface area (Å²) in [6.07, 6.45) is -0.108. The van der Waals surface area contributed by atoms with Crippen LogP contribution in [-0.4, -0.2) is 33.0 Å². The van der Waals surface area contributed by atoms with Crippen LogP contribution in [0.3, 0.4) is 0 Å². The summed E-state index contributed by atoms with van der Waals surface area (Å²) in [5.74, 6) is 1.61. The number of hydrogen-bond acceptors (Lipinski definition) is 4. The summed E-state index contributed by atoms with van der Waals surface area (Å²) in [4.78, 5) is 0. The molecule has 0 saturated heterocycles. The highest BCUT2D eigenvalue weighted by Crippen LogP contribution is 2.18. The monoisotopic (exact) mass is 225 g/mol. The van der Waals surface area contributed by atoms with Crippen molar-refractivity contribution in [2.45, 2.75) is 13.0 Å². The largest absolute Gasteiger partial charge is 0.494 e. The van der Waals surface area contributed by atoms with Crippen molar-refractivity contribution in [1.29, 1.82) is 0 Å². The second-order valence-electron chi connectivity index (χ2n) is 3.34. The third kappa shape index (κ3) is 4.08. The fourth-order valence-corrected chi connectivity index (χ4v) is 1.31. The molecule has 1 atom stereocenters. The van der Waals surface area contributed by atoms with Crippen LogP contribution in [0.4, 0.5) is 0 Å². The first-order chi connectivity index (χ1) is 7.80. The van der Waals surface area contributed by atoms with Crippen molar-refractivity contribution in [1.82, 2.24) is 0 Å². The fourth-order valence-electron chi connectivity index (χ4n) is 1.31. The van der Waals surface area contributed by atoms with Crippen molar-refractivity contribution >= 4 is 0 Å². The maximum Gasteiger partial charge on any atom is 0.134 e. The van der Waals surface area contributed by atoms with Gasteiger partial charge >= 0.3 is 0 Å². The van der Waals surface area contributed by atoms with Gasteiger partial charge in [-0.05, 0) is 31.2 Å². The predicted molar refractivity (Wildman–Crippen MR) is 63.0 cm³/mol. The van der Waals surface area contributed by atoms with Gasteiger partial charge in [0, 0.05) is 13.7 Å². The van der Waals surface area contributed by atoms with Crippen molar-refractivity contribution in [3.63, 3.8) is 0 Å².